The van der Waals surface area contributed by atoms with Gasteiger partial charge in [0.2, 0.25) is 0 Å². The Morgan fingerprint density at radius 1 is 0.273 bits per heavy atom. The second-order valence-corrected chi connectivity index (χ2v) is 22.1. The predicted molar refractivity (Wildman–Crippen MR) is 330 cm³/mol. The third-order valence-electron chi connectivity index (χ3n) is 15.7. The molecule has 3 aliphatic heterocycles. The van der Waals surface area contributed by atoms with Crippen LogP contribution in [-0.4, -0.2) is 105 Å². The average Bonchev–Trinajstić information content (AvgIpc) is 2.09. The Balaban J connectivity index is 0.910. The van der Waals surface area contributed by atoms with Gasteiger partial charge in [-0.25, -0.2) is 0 Å². The van der Waals surface area contributed by atoms with E-state index in [1.54, 1.807) is 6.26 Å². The van der Waals surface area contributed by atoms with Crippen LogP contribution in [0.25, 0.3) is 0 Å². The molecule has 0 amide bonds. The largest absolute Gasteiger partial charge is 0.493 e. The van der Waals surface area contributed by atoms with Crippen molar-refractivity contribution in [2.45, 2.75) is 133 Å². The van der Waals surface area contributed by atoms with E-state index in [4.69, 9.17) is 61.6 Å². The van der Waals surface area contributed by atoms with Gasteiger partial charge in [-0.1, -0.05) is 243 Å². The van der Waals surface area contributed by atoms with Crippen molar-refractivity contribution in [2.75, 3.05) is 19.8 Å². The van der Waals surface area contributed by atoms with Crippen LogP contribution in [0.5, 0.6) is 0 Å². The molecule has 1 N–H and O–H groups in total. The first-order valence-electron chi connectivity index (χ1n) is 30.3. The maximum Gasteiger partial charge on any atom is 0.187 e. The van der Waals surface area contributed by atoms with Gasteiger partial charge in [0.05, 0.1) is 78.9 Å². The highest BCUT2D eigenvalue weighted by molar-refractivity contribution is 5.20. The van der Waals surface area contributed by atoms with E-state index in [-0.39, 0.29) is 52.9 Å². The van der Waals surface area contributed by atoms with Gasteiger partial charge in [-0.15, -0.1) is 0 Å². The fraction of sp³-hybridized carbons (Fsp3) is 0.324. The zero-order valence-corrected chi connectivity index (χ0v) is 49.3. The molecule has 0 aromatic heterocycles. The van der Waals surface area contributed by atoms with Crippen molar-refractivity contribution in [2.24, 2.45) is 0 Å². The summed E-state index contributed by atoms with van der Waals surface area (Å²) in [5.74, 6) is 0. The van der Waals surface area contributed by atoms with Gasteiger partial charge < -0.3 is 66.7 Å². The van der Waals surface area contributed by atoms with Gasteiger partial charge in [0.25, 0.3) is 0 Å². The standard InChI is InChI=1S/C74H78O14/c75-66-70(82-48-59-35-19-6-20-36-59)68(80-46-57-31-15-4-16-32-57)65(87-73(66)85-52-63-67(79-45-56-29-13-3-14-30-56)62(41-42-77-63)78-44-55-27-11-2-12-28-55)53-86-74-72(84-50-61-39-23-8-24-40-61)71(83-49-60-37-21-7-22-38-60)69(81-47-58-33-17-5-18-34-58)64(88-74)51-76-43-54-25-9-1-10-26-54/h1-42,62-75H,43-53H2/t62-,63-,64-,65-,66-,67+,68-,69-,70-,71+,72-,73-,74-/m1/s1. The minimum atomic E-state index is -1.37. The summed E-state index contributed by atoms with van der Waals surface area (Å²) in [7, 11) is 0. The van der Waals surface area contributed by atoms with Gasteiger partial charge >= 0.3 is 0 Å². The Morgan fingerprint density at radius 2 is 0.580 bits per heavy atom. The van der Waals surface area contributed by atoms with Crippen molar-refractivity contribution in [3.8, 4) is 0 Å². The summed E-state index contributed by atoms with van der Waals surface area (Å²) in [5, 5.41) is 12.7. The SMILES string of the molecule is O[C@H]1[C@H](OC[C@H]2OC=C[C@@H](OCc3ccccc3)[C@@H]2OCc2ccccc2)O[C@H](CO[C@@H]2O[C@H](COCc3ccccc3)[C@@H](OCc3ccccc3)[C@H](OCc3ccccc3)[C@H]2OCc2ccccc2)[C@@H](OCc2ccccc2)[C@@H]1OCc1ccccc1. The van der Waals surface area contributed by atoms with Crippen molar-refractivity contribution < 1.29 is 66.7 Å². The third kappa shape index (κ3) is 18.2. The smallest absolute Gasteiger partial charge is 0.187 e. The molecule has 0 radical (unpaired) electrons. The number of aliphatic hydroxyl groups excluding tert-OH is 1. The molecule has 0 bridgehead atoms. The average molecular weight is 1190 g/mol. The Kier molecular flexibility index (Phi) is 23.7. The lowest BCUT2D eigenvalue weighted by Gasteiger charge is -2.47. The first-order valence-corrected chi connectivity index (χ1v) is 30.3. The number of ether oxygens (including phenoxy) is 13. The van der Waals surface area contributed by atoms with Crippen LogP contribution in [0.15, 0.2) is 255 Å². The fourth-order valence-electron chi connectivity index (χ4n) is 11.0. The molecule has 14 nitrogen and oxygen atoms in total. The Morgan fingerprint density at radius 3 is 1.01 bits per heavy atom. The van der Waals surface area contributed by atoms with Crippen molar-refractivity contribution in [3.63, 3.8) is 0 Å². The van der Waals surface area contributed by atoms with E-state index in [1.165, 1.54) is 0 Å². The monoisotopic (exact) mass is 1190 g/mol. The quantitative estimate of drug-likeness (QED) is 0.0441. The third-order valence-corrected chi connectivity index (χ3v) is 15.7. The number of hydrogen-bond donors (Lipinski definition) is 1. The van der Waals surface area contributed by atoms with Crippen LogP contribution in [-0.2, 0) is 114 Å². The minimum Gasteiger partial charge on any atom is -0.493 e. The molecule has 2 saturated heterocycles. The molecule has 13 atom stereocenters. The molecular weight excluding hydrogens is 1110 g/mol. The topological polar surface area (TPSA) is 140 Å². The molecule has 0 saturated carbocycles. The Bertz CT molecular complexity index is 3210. The molecule has 0 unspecified atom stereocenters. The van der Waals surface area contributed by atoms with E-state index in [9.17, 15) is 5.11 Å². The van der Waals surface area contributed by atoms with E-state index < -0.39 is 79.7 Å². The molecule has 11 rings (SSSR count). The summed E-state index contributed by atoms with van der Waals surface area (Å²) < 4.78 is 88.9. The highest BCUT2D eigenvalue weighted by Gasteiger charge is 2.52. The van der Waals surface area contributed by atoms with Gasteiger partial charge in [-0.05, 0) is 50.6 Å². The maximum absolute atomic E-state index is 12.7. The summed E-state index contributed by atoms with van der Waals surface area (Å²) in [6.45, 7) is 1.90. The van der Waals surface area contributed by atoms with Crippen LogP contribution in [0.1, 0.15) is 44.5 Å². The van der Waals surface area contributed by atoms with Crippen LogP contribution >= 0.6 is 0 Å². The van der Waals surface area contributed by atoms with Crippen LogP contribution in [0.2, 0.25) is 0 Å². The van der Waals surface area contributed by atoms with Crippen LogP contribution in [0.4, 0.5) is 0 Å². The number of aliphatic hydroxyl groups is 1. The Hall–Kier alpha value is -7.22. The van der Waals surface area contributed by atoms with Crippen molar-refractivity contribution in [1.82, 2.24) is 0 Å². The fourth-order valence-corrected chi connectivity index (χ4v) is 11.0. The van der Waals surface area contributed by atoms with E-state index in [2.05, 4.69) is 0 Å². The molecule has 3 heterocycles. The number of hydrogen-bond acceptors (Lipinski definition) is 14. The van der Waals surface area contributed by atoms with Crippen molar-refractivity contribution in [1.29, 1.82) is 0 Å². The molecule has 8 aromatic rings. The van der Waals surface area contributed by atoms with E-state index in [1.807, 2.05) is 249 Å². The zero-order valence-electron chi connectivity index (χ0n) is 49.3. The first-order chi connectivity index (χ1) is 43.6. The second kappa shape index (κ2) is 33.4. The number of benzene rings is 8. The van der Waals surface area contributed by atoms with Gasteiger partial charge in [0.1, 0.15) is 61.0 Å². The normalized spacial score (nSPS) is 25.2. The van der Waals surface area contributed by atoms with E-state index in [0.29, 0.717) is 19.8 Å². The first kappa shape index (κ1) is 62.4. The summed E-state index contributed by atoms with van der Waals surface area (Å²) in [6, 6.07) is 79.6. The molecule has 8 aromatic carbocycles. The molecular formula is C74H78O14. The molecule has 88 heavy (non-hydrogen) atoms. The lowest BCUT2D eigenvalue weighted by Crippen LogP contribution is -2.64. The molecule has 0 aliphatic carbocycles. The van der Waals surface area contributed by atoms with E-state index in [0.717, 1.165) is 44.5 Å². The predicted octanol–water partition coefficient (Wildman–Crippen LogP) is 12.1. The van der Waals surface area contributed by atoms with Gasteiger partial charge in [-0.3, -0.25) is 0 Å². The van der Waals surface area contributed by atoms with Gasteiger partial charge in [0.15, 0.2) is 18.7 Å². The minimum absolute atomic E-state index is 0.0676. The van der Waals surface area contributed by atoms with Crippen molar-refractivity contribution >= 4 is 0 Å². The maximum atomic E-state index is 12.7. The second-order valence-electron chi connectivity index (χ2n) is 22.1. The summed E-state index contributed by atoms with van der Waals surface area (Å²) >= 11 is 0. The van der Waals surface area contributed by atoms with Gasteiger partial charge in [0, 0.05) is 0 Å². The van der Waals surface area contributed by atoms with Crippen LogP contribution in [0, 0.1) is 0 Å². The highest BCUT2D eigenvalue weighted by Crippen LogP contribution is 2.35. The van der Waals surface area contributed by atoms with Crippen LogP contribution in [0.3, 0.4) is 0 Å². The molecule has 3 aliphatic rings. The van der Waals surface area contributed by atoms with Crippen molar-refractivity contribution in [3.05, 3.63) is 300 Å². The Labute approximate surface area is 516 Å². The van der Waals surface area contributed by atoms with E-state index >= 15 is 0 Å². The number of rotatable bonds is 31. The lowest BCUT2D eigenvalue weighted by molar-refractivity contribution is -0.351. The zero-order chi connectivity index (χ0) is 59.8. The summed E-state index contributed by atoms with van der Waals surface area (Å²) in [4.78, 5) is 0. The van der Waals surface area contributed by atoms with Gasteiger partial charge in [-0.2, -0.15) is 0 Å². The lowest BCUT2D eigenvalue weighted by atomic mass is 9.97. The molecule has 14 heteroatoms. The molecule has 0 spiro atoms. The summed E-state index contributed by atoms with van der Waals surface area (Å²) in [5.41, 5.74) is 7.69. The summed E-state index contributed by atoms with van der Waals surface area (Å²) in [6.07, 6.45) is -8.07. The molecule has 458 valence electrons. The molecule has 2 fully saturated rings. The highest BCUT2D eigenvalue weighted by atomic mass is 16.8. The van der Waals surface area contributed by atoms with Crippen LogP contribution < -0.4 is 0 Å².